The number of rotatable bonds is 10. The zero-order valence-corrected chi connectivity index (χ0v) is 23.5. The first kappa shape index (κ1) is 27.2. The van der Waals surface area contributed by atoms with Gasteiger partial charge in [-0.25, -0.2) is 8.42 Å². The van der Waals surface area contributed by atoms with Crippen LogP contribution in [0.2, 0.25) is 0 Å². The van der Waals surface area contributed by atoms with Gasteiger partial charge in [0.15, 0.2) is 0 Å². The van der Waals surface area contributed by atoms with Crippen LogP contribution in [0.4, 0.5) is 5.69 Å². The van der Waals surface area contributed by atoms with Gasteiger partial charge < -0.3 is 10.2 Å². The monoisotopic (exact) mass is 547 g/mol. The summed E-state index contributed by atoms with van der Waals surface area (Å²) in [5.74, 6) is -0.241. The van der Waals surface area contributed by atoms with E-state index >= 15 is 0 Å². The molecule has 1 N–H and O–H groups in total. The van der Waals surface area contributed by atoms with Crippen molar-refractivity contribution in [3.8, 4) is 0 Å². The molecule has 1 fully saturated rings. The number of benzene rings is 3. The smallest absolute Gasteiger partial charge is 0.265 e. The van der Waals surface area contributed by atoms with Crippen LogP contribution in [0.25, 0.3) is 10.8 Å². The first-order chi connectivity index (χ1) is 18.8. The first-order valence-corrected chi connectivity index (χ1v) is 15.4. The number of nitrogens with one attached hydrogen (secondary N) is 1. The van der Waals surface area contributed by atoms with E-state index in [1.54, 1.807) is 17.0 Å². The molecule has 206 valence electrons. The molecule has 2 aliphatic rings. The average Bonchev–Trinajstić information content (AvgIpc) is 3.51. The molecule has 0 bridgehead atoms. The van der Waals surface area contributed by atoms with Crippen LogP contribution in [0, 0.1) is 6.92 Å². The molecule has 3 aromatic carbocycles. The number of anilines is 1. The van der Waals surface area contributed by atoms with Crippen LogP contribution in [-0.2, 0) is 26.2 Å². The first-order valence-electron chi connectivity index (χ1n) is 14.0. The van der Waals surface area contributed by atoms with Gasteiger partial charge in [0.2, 0.25) is 11.8 Å². The Hall–Kier alpha value is -3.39. The highest BCUT2D eigenvalue weighted by Crippen LogP contribution is 2.42. The highest BCUT2D eigenvalue weighted by Gasteiger charge is 2.36. The van der Waals surface area contributed by atoms with E-state index in [1.165, 1.54) is 4.31 Å². The fourth-order valence-electron chi connectivity index (χ4n) is 5.97. The summed E-state index contributed by atoms with van der Waals surface area (Å²) in [6, 6.07) is 18.4. The second-order valence-corrected chi connectivity index (χ2v) is 12.5. The van der Waals surface area contributed by atoms with Gasteiger partial charge >= 0.3 is 0 Å². The van der Waals surface area contributed by atoms with Crippen LogP contribution in [0.5, 0.6) is 0 Å². The van der Waals surface area contributed by atoms with Crippen LogP contribution in [0.15, 0.2) is 65.6 Å². The molecular weight excluding hydrogens is 510 g/mol. The topological polar surface area (TPSA) is 86.8 Å². The molecule has 1 aliphatic carbocycles. The molecule has 7 nitrogen and oxygen atoms in total. The van der Waals surface area contributed by atoms with Gasteiger partial charge in [-0.1, -0.05) is 68.3 Å². The van der Waals surface area contributed by atoms with Gasteiger partial charge in [0.25, 0.3) is 10.0 Å². The number of hydrogen-bond donors (Lipinski definition) is 1. The Labute approximate surface area is 231 Å². The third-order valence-electron chi connectivity index (χ3n) is 8.12. The van der Waals surface area contributed by atoms with Crippen LogP contribution >= 0.6 is 0 Å². The second kappa shape index (κ2) is 11.4. The molecule has 1 aliphatic heterocycles. The third-order valence-corrected chi connectivity index (χ3v) is 9.98. The van der Waals surface area contributed by atoms with E-state index in [2.05, 4.69) is 5.32 Å². The molecule has 0 spiro atoms. The van der Waals surface area contributed by atoms with Gasteiger partial charge in [-0.05, 0) is 61.3 Å². The van der Waals surface area contributed by atoms with Gasteiger partial charge in [0, 0.05) is 30.9 Å². The maximum Gasteiger partial charge on any atom is 0.265 e. The summed E-state index contributed by atoms with van der Waals surface area (Å²) in [5.41, 5.74) is 2.73. The van der Waals surface area contributed by atoms with E-state index in [-0.39, 0.29) is 30.8 Å². The van der Waals surface area contributed by atoms with Crippen molar-refractivity contribution >= 4 is 38.3 Å². The van der Waals surface area contributed by atoms with E-state index in [0.717, 1.165) is 47.6 Å². The number of hydrogen-bond acceptors (Lipinski definition) is 4. The van der Waals surface area contributed by atoms with Gasteiger partial charge in [-0.3, -0.25) is 13.9 Å². The second-order valence-electron chi connectivity index (χ2n) is 10.7. The van der Waals surface area contributed by atoms with Gasteiger partial charge in [0.1, 0.15) is 6.04 Å². The maximum absolute atomic E-state index is 13.7. The quantitative estimate of drug-likeness (QED) is 0.373. The minimum atomic E-state index is -3.67. The predicted molar refractivity (Wildman–Crippen MR) is 154 cm³/mol. The minimum absolute atomic E-state index is 0.101. The lowest BCUT2D eigenvalue weighted by atomic mass is 10.0. The van der Waals surface area contributed by atoms with Crippen LogP contribution in [0.3, 0.4) is 0 Å². The molecule has 39 heavy (non-hydrogen) atoms. The van der Waals surface area contributed by atoms with Crippen molar-refractivity contribution in [2.75, 3.05) is 10.8 Å². The fraction of sp³-hybridized carbons (Fsp3) is 0.419. The van der Waals surface area contributed by atoms with E-state index in [4.69, 9.17) is 0 Å². The normalized spacial score (nSPS) is 16.9. The summed E-state index contributed by atoms with van der Waals surface area (Å²) < 4.78 is 28.1. The Kier molecular flexibility index (Phi) is 7.93. The Balaban J connectivity index is 1.33. The number of nitrogens with zero attached hydrogens (tertiary/aromatic N) is 2. The van der Waals surface area contributed by atoms with Gasteiger partial charge in [0.05, 0.1) is 10.6 Å². The zero-order chi connectivity index (χ0) is 27.6. The molecule has 2 amide bonds. The predicted octanol–water partition coefficient (Wildman–Crippen LogP) is 5.30. The highest BCUT2D eigenvalue weighted by molar-refractivity contribution is 7.93. The van der Waals surface area contributed by atoms with Gasteiger partial charge in [-0.15, -0.1) is 0 Å². The number of carbonyl (C=O) groups is 2. The third kappa shape index (κ3) is 5.39. The molecule has 5 rings (SSSR count). The summed E-state index contributed by atoms with van der Waals surface area (Å²) in [6.07, 6.45) is 5.20. The fourth-order valence-corrected chi connectivity index (χ4v) is 7.72. The number of aryl methyl sites for hydroxylation is 1. The Morgan fingerprint density at radius 2 is 1.74 bits per heavy atom. The Morgan fingerprint density at radius 3 is 2.46 bits per heavy atom. The lowest BCUT2D eigenvalue weighted by molar-refractivity contribution is -0.141. The van der Waals surface area contributed by atoms with E-state index in [9.17, 15) is 18.0 Å². The molecule has 0 saturated heterocycles. The molecule has 1 heterocycles. The molecule has 0 aromatic heterocycles. The number of sulfonamides is 1. The van der Waals surface area contributed by atoms with Crippen molar-refractivity contribution in [3.05, 3.63) is 71.8 Å². The van der Waals surface area contributed by atoms with Crippen LogP contribution in [0.1, 0.15) is 63.0 Å². The Bertz CT molecular complexity index is 1470. The highest BCUT2D eigenvalue weighted by atomic mass is 32.2. The largest absolute Gasteiger partial charge is 0.352 e. The molecule has 3 aromatic rings. The van der Waals surface area contributed by atoms with E-state index < -0.39 is 16.1 Å². The molecule has 8 heteroatoms. The van der Waals surface area contributed by atoms with E-state index in [0.29, 0.717) is 30.0 Å². The Morgan fingerprint density at radius 1 is 1.03 bits per heavy atom. The van der Waals surface area contributed by atoms with Crippen molar-refractivity contribution in [2.45, 2.75) is 82.3 Å². The van der Waals surface area contributed by atoms with Crippen molar-refractivity contribution in [1.82, 2.24) is 10.2 Å². The summed E-state index contributed by atoms with van der Waals surface area (Å²) >= 11 is 0. The van der Waals surface area contributed by atoms with Crippen molar-refractivity contribution in [3.63, 3.8) is 0 Å². The minimum Gasteiger partial charge on any atom is -0.352 e. The standard InChI is InChI=1S/C31H37N3O4S/c1-3-26(31(36)32-25-15-6-7-16-25)33(21-24-12-5-4-11-22(24)2)29(35)19-10-20-34-27-17-8-13-23-14-9-18-28(30(23)27)39(34,37)38/h4-5,8-9,11-14,17-18,25-26H,3,6-7,10,15-16,19-21H2,1-2H3,(H,32,36)/t26-/m1/s1. The number of amides is 2. The van der Waals surface area contributed by atoms with Gasteiger partial charge in [-0.2, -0.15) is 0 Å². The zero-order valence-electron chi connectivity index (χ0n) is 22.7. The molecule has 1 saturated carbocycles. The molecule has 1 atom stereocenters. The maximum atomic E-state index is 13.7. The summed E-state index contributed by atoms with van der Waals surface area (Å²) in [4.78, 5) is 29.1. The summed E-state index contributed by atoms with van der Waals surface area (Å²) in [6.45, 7) is 4.49. The van der Waals surface area contributed by atoms with Crippen LogP contribution in [-0.4, -0.2) is 43.8 Å². The van der Waals surface area contributed by atoms with Crippen LogP contribution < -0.4 is 9.62 Å². The molecule has 0 unspecified atom stereocenters. The van der Waals surface area contributed by atoms with Crippen molar-refractivity contribution in [2.24, 2.45) is 0 Å². The lowest BCUT2D eigenvalue weighted by Gasteiger charge is -2.32. The summed E-state index contributed by atoms with van der Waals surface area (Å²) in [7, 11) is -3.67. The van der Waals surface area contributed by atoms with Crippen molar-refractivity contribution < 1.29 is 18.0 Å². The average molecular weight is 548 g/mol. The lowest BCUT2D eigenvalue weighted by Crippen LogP contribution is -2.51. The summed E-state index contributed by atoms with van der Waals surface area (Å²) in [5, 5.41) is 4.80. The number of carbonyl (C=O) groups excluding carboxylic acids is 2. The SMILES string of the molecule is CC[C@H](C(=O)NC1CCCC1)N(Cc1ccccc1C)C(=O)CCCN1c2cccc3cccc(c23)S1(=O)=O. The molecular formula is C31H37N3O4S. The van der Waals surface area contributed by atoms with E-state index in [1.807, 2.05) is 62.4 Å². The molecule has 0 radical (unpaired) electrons. The van der Waals surface area contributed by atoms with Crippen molar-refractivity contribution in [1.29, 1.82) is 0 Å².